The summed E-state index contributed by atoms with van der Waals surface area (Å²) >= 11 is 0. The molecule has 0 heterocycles. The van der Waals surface area contributed by atoms with Gasteiger partial charge in [-0.2, -0.15) is 0 Å². The standard InChI is InChI=1S/C20H36N4O7/c1-6-10(3)15(21)18(28)23-13(8-9-14(25)26)17(27)24-16(11(4)7-2)19(29)22-12(5)20(30)31/h10-13,15-16H,6-9,21H2,1-5H3,(H,22,29)(H,23,28)(H,24,27)(H,25,26)(H,30,31). The molecule has 0 aliphatic heterocycles. The minimum Gasteiger partial charge on any atom is -0.481 e. The maximum absolute atomic E-state index is 12.9. The molecule has 0 aromatic carbocycles. The zero-order valence-electron chi connectivity index (χ0n) is 18.8. The highest BCUT2D eigenvalue weighted by molar-refractivity contribution is 5.94. The number of rotatable bonds is 14. The van der Waals surface area contributed by atoms with Crippen LogP contribution in [0.5, 0.6) is 0 Å². The Morgan fingerprint density at radius 1 is 0.806 bits per heavy atom. The Labute approximate surface area is 182 Å². The summed E-state index contributed by atoms with van der Waals surface area (Å²) in [5.74, 6) is -4.89. The molecule has 3 amide bonds. The van der Waals surface area contributed by atoms with E-state index in [2.05, 4.69) is 16.0 Å². The third-order valence-electron chi connectivity index (χ3n) is 5.36. The van der Waals surface area contributed by atoms with Crippen molar-refractivity contribution in [3.05, 3.63) is 0 Å². The van der Waals surface area contributed by atoms with E-state index in [4.69, 9.17) is 15.9 Å². The number of hydrogen-bond acceptors (Lipinski definition) is 6. The molecule has 0 saturated heterocycles. The third kappa shape index (κ3) is 9.77. The van der Waals surface area contributed by atoms with Crippen molar-refractivity contribution in [3.8, 4) is 0 Å². The molecule has 0 aliphatic rings. The summed E-state index contributed by atoms with van der Waals surface area (Å²) in [6.07, 6.45) is 0.567. The van der Waals surface area contributed by atoms with Gasteiger partial charge in [0.2, 0.25) is 17.7 Å². The van der Waals surface area contributed by atoms with E-state index in [0.29, 0.717) is 12.8 Å². The Kier molecular flexibility index (Phi) is 12.4. The molecule has 6 atom stereocenters. The van der Waals surface area contributed by atoms with Crippen LogP contribution in [0.25, 0.3) is 0 Å². The third-order valence-corrected chi connectivity index (χ3v) is 5.36. The zero-order valence-corrected chi connectivity index (χ0v) is 18.8. The second kappa shape index (κ2) is 13.6. The Morgan fingerprint density at radius 3 is 1.81 bits per heavy atom. The molecule has 0 bridgehead atoms. The maximum Gasteiger partial charge on any atom is 0.325 e. The number of carboxylic acid groups (broad SMARTS) is 2. The van der Waals surface area contributed by atoms with Gasteiger partial charge in [0.1, 0.15) is 18.1 Å². The lowest BCUT2D eigenvalue weighted by Gasteiger charge is -2.28. The highest BCUT2D eigenvalue weighted by Gasteiger charge is 2.32. The number of carbonyl (C=O) groups is 5. The SMILES string of the molecule is CCC(C)C(N)C(=O)NC(CCC(=O)O)C(=O)NC(C(=O)NC(C)C(=O)O)C(C)CC. The lowest BCUT2D eigenvalue weighted by atomic mass is 9.96. The molecule has 0 aliphatic carbocycles. The van der Waals surface area contributed by atoms with Crippen LogP contribution in [0.4, 0.5) is 0 Å². The number of nitrogens with two attached hydrogens (primary N) is 1. The predicted octanol–water partition coefficient (Wildman–Crippen LogP) is -0.170. The molecule has 7 N–H and O–H groups in total. The Bertz CT molecular complexity index is 655. The maximum atomic E-state index is 12.9. The molecule has 11 heteroatoms. The number of carboxylic acids is 2. The van der Waals surface area contributed by atoms with Crippen LogP contribution < -0.4 is 21.7 Å². The molecule has 0 aromatic rings. The Balaban J connectivity index is 5.51. The van der Waals surface area contributed by atoms with Gasteiger partial charge in [-0.25, -0.2) is 0 Å². The van der Waals surface area contributed by atoms with E-state index in [0.717, 1.165) is 0 Å². The fourth-order valence-electron chi connectivity index (χ4n) is 2.64. The summed E-state index contributed by atoms with van der Waals surface area (Å²) in [5, 5.41) is 25.3. The summed E-state index contributed by atoms with van der Waals surface area (Å²) in [6, 6.07) is -4.32. The lowest BCUT2D eigenvalue weighted by Crippen LogP contribution is -2.58. The first kappa shape index (κ1) is 28.3. The van der Waals surface area contributed by atoms with Gasteiger partial charge in [-0.3, -0.25) is 24.0 Å². The van der Waals surface area contributed by atoms with Gasteiger partial charge < -0.3 is 31.9 Å². The Morgan fingerprint density at radius 2 is 1.35 bits per heavy atom. The summed E-state index contributed by atoms with van der Waals surface area (Å²) in [5.41, 5.74) is 5.90. The second-order valence-corrected chi connectivity index (χ2v) is 7.85. The van der Waals surface area contributed by atoms with E-state index in [9.17, 15) is 24.0 Å². The average Bonchev–Trinajstić information content (AvgIpc) is 2.72. The molecule has 0 rings (SSSR count). The van der Waals surface area contributed by atoms with Gasteiger partial charge >= 0.3 is 11.9 Å². The highest BCUT2D eigenvalue weighted by atomic mass is 16.4. The number of carbonyl (C=O) groups excluding carboxylic acids is 3. The smallest absolute Gasteiger partial charge is 0.325 e. The summed E-state index contributed by atoms with van der Waals surface area (Å²) < 4.78 is 0. The van der Waals surface area contributed by atoms with Gasteiger partial charge in [-0.15, -0.1) is 0 Å². The first-order chi connectivity index (χ1) is 14.3. The monoisotopic (exact) mass is 444 g/mol. The number of nitrogens with one attached hydrogen (secondary N) is 3. The normalized spacial score (nSPS) is 16.7. The van der Waals surface area contributed by atoms with Gasteiger partial charge in [0, 0.05) is 6.42 Å². The zero-order chi connectivity index (χ0) is 24.3. The van der Waals surface area contributed by atoms with Crippen LogP contribution in [0.2, 0.25) is 0 Å². The van der Waals surface area contributed by atoms with Gasteiger partial charge in [0.05, 0.1) is 6.04 Å². The van der Waals surface area contributed by atoms with Crippen molar-refractivity contribution >= 4 is 29.7 Å². The molecule has 6 unspecified atom stereocenters. The van der Waals surface area contributed by atoms with Gasteiger partial charge in [-0.1, -0.05) is 40.5 Å². The molecule has 0 aromatic heterocycles. The van der Waals surface area contributed by atoms with E-state index in [-0.39, 0.29) is 24.7 Å². The Hall–Kier alpha value is -2.69. The van der Waals surface area contributed by atoms with Crippen LogP contribution in [-0.4, -0.2) is 64.0 Å². The van der Waals surface area contributed by atoms with Crippen LogP contribution in [0.1, 0.15) is 60.3 Å². The van der Waals surface area contributed by atoms with Crippen molar-refractivity contribution in [3.63, 3.8) is 0 Å². The average molecular weight is 445 g/mol. The minimum atomic E-state index is -1.23. The fourth-order valence-corrected chi connectivity index (χ4v) is 2.64. The van der Waals surface area contributed by atoms with Crippen molar-refractivity contribution in [1.29, 1.82) is 0 Å². The van der Waals surface area contributed by atoms with Crippen LogP contribution in [0.3, 0.4) is 0 Å². The molecule has 178 valence electrons. The fraction of sp³-hybridized carbons (Fsp3) is 0.750. The summed E-state index contributed by atoms with van der Waals surface area (Å²) in [6.45, 7) is 8.44. The van der Waals surface area contributed by atoms with Crippen molar-refractivity contribution in [2.45, 2.75) is 84.5 Å². The van der Waals surface area contributed by atoms with Crippen molar-refractivity contribution in [2.24, 2.45) is 17.6 Å². The second-order valence-electron chi connectivity index (χ2n) is 7.85. The van der Waals surface area contributed by atoms with Gasteiger partial charge in [0.25, 0.3) is 0 Å². The van der Waals surface area contributed by atoms with Crippen LogP contribution >= 0.6 is 0 Å². The summed E-state index contributed by atoms with van der Waals surface area (Å²) in [4.78, 5) is 59.8. The molecule has 31 heavy (non-hydrogen) atoms. The molecular formula is C20H36N4O7. The molecule has 0 saturated carbocycles. The lowest BCUT2D eigenvalue weighted by molar-refractivity contribution is -0.142. The van der Waals surface area contributed by atoms with E-state index >= 15 is 0 Å². The van der Waals surface area contributed by atoms with E-state index in [1.165, 1.54) is 6.92 Å². The van der Waals surface area contributed by atoms with E-state index < -0.39 is 53.8 Å². The highest BCUT2D eigenvalue weighted by Crippen LogP contribution is 2.11. The van der Waals surface area contributed by atoms with Crippen molar-refractivity contribution in [1.82, 2.24) is 16.0 Å². The van der Waals surface area contributed by atoms with Crippen molar-refractivity contribution in [2.75, 3.05) is 0 Å². The van der Waals surface area contributed by atoms with Crippen LogP contribution in [-0.2, 0) is 24.0 Å². The molecule has 0 radical (unpaired) electrons. The van der Waals surface area contributed by atoms with Gasteiger partial charge in [0.15, 0.2) is 0 Å². The van der Waals surface area contributed by atoms with E-state index in [1.54, 1.807) is 20.8 Å². The van der Waals surface area contributed by atoms with Crippen LogP contribution in [0, 0.1) is 11.8 Å². The minimum absolute atomic E-state index is 0.153. The quantitative estimate of drug-likeness (QED) is 0.213. The topological polar surface area (TPSA) is 188 Å². The van der Waals surface area contributed by atoms with Crippen LogP contribution in [0.15, 0.2) is 0 Å². The number of aliphatic carboxylic acids is 2. The van der Waals surface area contributed by atoms with Crippen molar-refractivity contribution < 1.29 is 34.2 Å². The number of amides is 3. The number of hydrogen-bond donors (Lipinski definition) is 6. The summed E-state index contributed by atoms with van der Waals surface area (Å²) in [7, 11) is 0. The predicted molar refractivity (Wildman–Crippen MR) is 113 cm³/mol. The molecule has 0 spiro atoms. The molecule has 0 fully saturated rings. The van der Waals surface area contributed by atoms with Gasteiger partial charge in [-0.05, 0) is 25.2 Å². The molecular weight excluding hydrogens is 408 g/mol. The van der Waals surface area contributed by atoms with E-state index in [1.807, 2.05) is 6.92 Å². The first-order valence-corrected chi connectivity index (χ1v) is 10.5. The largest absolute Gasteiger partial charge is 0.481 e. The molecule has 11 nitrogen and oxygen atoms in total. The first-order valence-electron chi connectivity index (χ1n) is 10.5.